The average Bonchev–Trinajstić information content (AvgIpc) is 3.37. The van der Waals surface area contributed by atoms with E-state index in [1.807, 2.05) is 7.05 Å². The summed E-state index contributed by atoms with van der Waals surface area (Å²) in [5.41, 5.74) is 1.79. The van der Waals surface area contributed by atoms with E-state index < -0.39 is 11.7 Å². The Bertz CT molecular complexity index is 1110. The number of carbonyl (C=O) groups is 1. The first-order valence-corrected chi connectivity index (χ1v) is 9.66. The summed E-state index contributed by atoms with van der Waals surface area (Å²) >= 11 is 0. The van der Waals surface area contributed by atoms with Gasteiger partial charge in [0.25, 0.3) is 11.8 Å². The van der Waals surface area contributed by atoms with Gasteiger partial charge in [-0.25, -0.2) is 0 Å². The molecule has 1 fully saturated rings. The van der Waals surface area contributed by atoms with E-state index in [0.717, 1.165) is 36.2 Å². The van der Waals surface area contributed by atoms with Gasteiger partial charge in [0, 0.05) is 42.8 Å². The number of rotatable bonds is 3. The molecule has 0 spiro atoms. The third-order valence-electron chi connectivity index (χ3n) is 5.58. The van der Waals surface area contributed by atoms with Crippen LogP contribution in [-0.4, -0.2) is 37.3 Å². The fourth-order valence-corrected chi connectivity index (χ4v) is 3.76. The van der Waals surface area contributed by atoms with Gasteiger partial charge >= 0.3 is 6.18 Å². The molecule has 0 unspecified atom stereocenters. The molecule has 1 amide bonds. The number of aryl methyl sites for hydroxylation is 1. The van der Waals surface area contributed by atoms with Gasteiger partial charge in [0.1, 0.15) is 0 Å². The zero-order valence-electron chi connectivity index (χ0n) is 16.1. The van der Waals surface area contributed by atoms with Crippen molar-refractivity contribution in [1.29, 1.82) is 0 Å². The predicted molar refractivity (Wildman–Crippen MR) is 98.4 cm³/mol. The Morgan fingerprint density at radius 2 is 1.93 bits per heavy atom. The molecule has 1 aliphatic carbocycles. The van der Waals surface area contributed by atoms with Crippen molar-refractivity contribution in [2.24, 2.45) is 7.05 Å². The Morgan fingerprint density at radius 3 is 2.60 bits per heavy atom. The second-order valence-electron chi connectivity index (χ2n) is 7.68. The van der Waals surface area contributed by atoms with Crippen LogP contribution in [0.25, 0.3) is 11.6 Å². The van der Waals surface area contributed by atoms with E-state index in [4.69, 9.17) is 4.52 Å². The predicted octanol–water partition coefficient (Wildman–Crippen LogP) is 3.56. The number of halogens is 3. The van der Waals surface area contributed by atoms with Crippen LogP contribution in [0.3, 0.4) is 0 Å². The lowest BCUT2D eigenvalue weighted by Gasteiger charge is -2.27. The maximum atomic E-state index is 12.9. The summed E-state index contributed by atoms with van der Waals surface area (Å²) < 4.78 is 45.5. The zero-order valence-corrected chi connectivity index (χ0v) is 16.1. The fraction of sp³-hybridized carbons (Fsp3) is 0.400. The van der Waals surface area contributed by atoms with Gasteiger partial charge < -0.3 is 9.42 Å². The number of aromatic nitrogens is 4. The van der Waals surface area contributed by atoms with Gasteiger partial charge in [-0.05, 0) is 37.1 Å². The van der Waals surface area contributed by atoms with Crippen molar-refractivity contribution < 1.29 is 22.5 Å². The van der Waals surface area contributed by atoms with E-state index in [1.165, 1.54) is 12.1 Å². The molecule has 7 nitrogen and oxygen atoms in total. The highest BCUT2D eigenvalue weighted by Crippen LogP contribution is 2.39. The summed E-state index contributed by atoms with van der Waals surface area (Å²) in [6.45, 7) is 0.725. The molecule has 3 heterocycles. The first kappa shape index (κ1) is 18.8. The number of hydrogen-bond donors (Lipinski definition) is 0. The van der Waals surface area contributed by atoms with Crippen LogP contribution < -0.4 is 0 Å². The quantitative estimate of drug-likeness (QED) is 0.651. The normalized spacial score (nSPS) is 16.6. The second kappa shape index (κ2) is 6.68. The van der Waals surface area contributed by atoms with Gasteiger partial charge in [-0.3, -0.25) is 9.48 Å². The Balaban J connectivity index is 1.40. The minimum Gasteiger partial charge on any atom is -0.334 e. The van der Waals surface area contributed by atoms with Crippen LogP contribution in [0.15, 0.2) is 28.8 Å². The number of nitrogens with zero attached hydrogens (tertiary/aromatic N) is 5. The average molecular weight is 417 g/mol. The van der Waals surface area contributed by atoms with Crippen molar-refractivity contribution in [1.82, 2.24) is 24.8 Å². The minimum absolute atomic E-state index is 0.214. The van der Waals surface area contributed by atoms with E-state index in [-0.39, 0.29) is 18.0 Å². The molecule has 1 aliphatic heterocycles. The van der Waals surface area contributed by atoms with Crippen LogP contribution >= 0.6 is 0 Å². The maximum Gasteiger partial charge on any atom is 0.416 e. The molecule has 1 saturated carbocycles. The molecular formula is C20H18F3N5O2. The van der Waals surface area contributed by atoms with Crippen LogP contribution in [0.4, 0.5) is 13.2 Å². The summed E-state index contributed by atoms with van der Waals surface area (Å²) in [5.74, 6) is 1.03. The van der Waals surface area contributed by atoms with Crippen LogP contribution in [0, 0.1) is 0 Å². The molecule has 1 aromatic carbocycles. The van der Waals surface area contributed by atoms with Crippen LogP contribution in [0.1, 0.15) is 51.8 Å². The number of fused-ring (bicyclic) bond motifs is 1. The number of amides is 1. The molecule has 2 aromatic heterocycles. The van der Waals surface area contributed by atoms with Crippen molar-refractivity contribution in [3.63, 3.8) is 0 Å². The van der Waals surface area contributed by atoms with E-state index in [1.54, 1.807) is 9.58 Å². The van der Waals surface area contributed by atoms with E-state index in [9.17, 15) is 18.0 Å². The zero-order chi connectivity index (χ0) is 21.0. The van der Waals surface area contributed by atoms with Crippen LogP contribution in [0.2, 0.25) is 0 Å². The van der Waals surface area contributed by atoms with Crippen molar-refractivity contribution in [2.45, 2.75) is 37.9 Å². The van der Waals surface area contributed by atoms with Gasteiger partial charge in [0.05, 0.1) is 12.1 Å². The van der Waals surface area contributed by atoms with Gasteiger partial charge in [-0.15, -0.1) is 0 Å². The molecule has 156 valence electrons. The molecule has 2 aliphatic rings. The summed E-state index contributed by atoms with van der Waals surface area (Å²) in [6, 6.07) is 4.28. The Labute approximate surface area is 169 Å². The lowest BCUT2D eigenvalue weighted by Crippen LogP contribution is -2.36. The topological polar surface area (TPSA) is 77.1 Å². The maximum absolute atomic E-state index is 12.9. The monoisotopic (exact) mass is 417 g/mol. The number of carbonyl (C=O) groups excluding carboxylic acids is 1. The molecule has 10 heteroatoms. The molecule has 5 rings (SSSR count). The Kier molecular flexibility index (Phi) is 4.19. The Hall–Kier alpha value is -3.17. The van der Waals surface area contributed by atoms with Crippen molar-refractivity contribution in [3.05, 3.63) is 52.5 Å². The van der Waals surface area contributed by atoms with Crippen LogP contribution in [-0.2, 0) is 26.2 Å². The van der Waals surface area contributed by atoms with Crippen LogP contribution in [0.5, 0.6) is 0 Å². The minimum atomic E-state index is -4.43. The highest BCUT2D eigenvalue weighted by molar-refractivity contribution is 5.94. The SMILES string of the molecule is Cn1nc(-c2nc(C3CC3)no2)c2c1CCN(C(=O)c1ccc(C(F)(F)F)cc1)C2. The molecule has 0 bridgehead atoms. The summed E-state index contributed by atoms with van der Waals surface area (Å²) in [5, 5.41) is 8.55. The Morgan fingerprint density at radius 1 is 1.20 bits per heavy atom. The van der Waals surface area contributed by atoms with E-state index in [2.05, 4.69) is 15.2 Å². The van der Waals surface area contributed by atoms with Crippen molar-refractivity contribution >= 4 is 5.91 Å². The van der Waals surface area contributed by atoms with Crippen molar-refractivity contribution in [3.8, 4) is 11.6 Å². The fourth-order valence-electron chi connectivity index (χ4n) is 3.76. The molecule has 30 heavy (non-hydrogen) atoms. The largest absolute Gasteiger partial charge is 0.416 e. The third-order valence-corrected chi connectivity index (χ3v) is 5.58. The highest BCUT2D eigenvalue weighted by Gasteiger charge is 2.33. The first-order chi connectivity index (χ1) is 14.3. The molecule has 0 atom stereocenters. The number of benzene rings is 1. The highest BCUT2D eigenvalue weighted by atomic mass is 19.4. The lowest BCUT2D eigenvalue weighted by molar-refractivity contribution is -0.137. The summed E-state index contributed by atoms with van der Waals surface area (Å²) in [6.07, 6.45) is -1.76. The molecular weight excluding hydrogens is 399 g/mol. The smallest absolute Gasteiger partial charge is 0.334 e. The standard InChI is InChI=1S/C20H18F3N5O2/c1-27-15-8-9-28(19(29)12-4-6-13(7-5-12)20(21,22)23)10-14(15)16(25-27)18-24-17(26-30-18)11-2-3-11/h4-7,11H,2-3,8-10H2,1H3. The second-order valence-corrected chi connectivity index (χ2v) is 7.68. The van der Waals surface area contributed by atoms with Gasteiger partial charge in [0.2, 0.25) is 0 Å². The van der Waals surface area contributed by atoms with Gasteiger partial charge in [-0.2, -0.15) is 23.3 Å². The molecule has 0 saturated heterocycles. The first-order valence-electron chi connectivity index (χ1n) is 9.66. The van der Waals surface area contributed by atoms with Gasteiger partial charge in [-0.1, -0.05) is 5.16 Å². The molecule has 3 aromatic rings. The lowest BCUT2D eigenvalue weighted by atomic mass is 10.0. The van der Waals surface area contributed by atoms with E-state index >= 15 is 0 Å². The number of alkyl halides is 3. The number of hydrogen-bond acceptors (Lipinski definition) is 5. The van der Waals surface area contributed by atoms with E-state index in [0.29, 0.717) is 36.3 Å². The third kappa shape index (κ3) is 3.25. The summed E-state index contributed by atoms with van der Waals surface area (Å²) in [4.78, 5) is 19.0. The molecule has 0 N–H and O–H groups in total. The summed E-state index contributed by atoms with van der Waals surface area (Å²) in [7, 11) is 1.83. The van der Waals surface area contributed by atoms with Gasteiger partial charge in [0.15, 0.2) is 11.5 Å². The molecule has 0 radical (unpaired) electrons. The van der Waals surface area contributed by atoms with Crippen molar-refractivity contribution in [2.75, 3.05) is 6.54 Å².